The van der Waals surface area contributed by atoms with Gasteiger partial charge in [-0.15, -0.1) is 0 Å². The molecule has 0 aromatic carbocycles. The minimum Gasteiger partial charge on any atom is -0.317 e. The zero-order valence-corrected chi connectivity index (χ0v) is 5.90. The molecule has 0 atom stereocenters. The molecule has 5 nitrogen and oxygen atoms in total. The second-order valence-electron chi connectivity index (χ2n) is 0.733. The van der Waals surface area contributed by atoms with Crippen LogP contribution in [0.25, 0.3) is 0 Å². The van der Waals surface area contributed by atoms with Crippen molar-refractivity contribution < 1.29 is 13.0 Å². The van der Waals surface area contributed by atoms with Gasteiger partial charge in [0, 0.05) is 0 Å². The Morgan fingerprint density at radius 1 is 1.22 bits per heavy atom. The highest BCUT2D eigenvalue weighted by Crippen LogP contribution is 1.60. The first-order valence-electron chi connectivity index (χ1n) is 1.63. The topological polar surface area (TPSA) is 102 Å². The van der Waals surface area contributed by atoms with Crippen LogP contribution in [0.3, 0.4) is 0 Å². The molecule has 0 saturated carbocycles. The van der Waals surface area contributed by atoms with Crippen molar-refractivity contribution in [2.75, 3.05) is 6.26 Å². The van der Waals surface area contributed by atoms with Gasteiger partial charge in [-0.1, -0.05) is 0 Å². The summed E-state index contributed by atoms with van der Waals surface area (Å²) >= 11 is 0. The molecule has 0 aliphatic rings. The summed E-state index contributed by atoms with van der Waals surface area (Å²) in [5.41, 5.74) is 0. The van der Waals surface area contributed by atoms with Crippen molar-refractivity contribution in [2.24, 2.45) is 0 Å². The van der Waals surface area contributed by atoms with Crippen molar-refractivity contribution in [3.05, 3.63) is 0 Å². The first-order valence-corrected chi connectivity index (χ1v) is 3.48. The fraction of sp³-hybridized carbons (Fsp3) is 0.333. The molecule has 0 aliphatic heterocycles. The van der Waals surface area contributed by atoms with Gasteiger partial charge in [0.05, 0.1) is 6.26 Å². The smallest absolute Gasteiger partial charge is 0.261 e. The molecule has 0 unspecified atom stereocenters. The van der Waals surface area contributed by atoms with E-state index in [0.29, 0.717) is 6.26 Å². The van der Waals surface area contributed by atoms with Crippen LogP contribution in [-0.2, 0) is 10.1 Å². The normalized spacial score (nSPS) is 7.33. The van der Waals surface area contributed by atoms with Gasteiger partial charge in [-0.05, 0) is 13.4 Å². The van der Waals surface area contributed by atoms with Gasteiger partial charge >= 0.3 is 0 Å². The van der Waals surface area contributed by atoms with E-state index in [1.165, 1.54) is 0 Å². The van der Waals surface area contributed by atoms with Gasteiger partial charge in [-0.2, -0.15) is 8.42 Å². The summed E-state index contributed by atoms with van der Waals surface area (Å²) in [5, 5.41) is 11.0. The molecule has 0 bridgehead atoms. The second kappa shape index (κ2) is 10.3. The molecule has 3 N–H and O–H groups in total. The molecule has 0 fully saturated rings. The molecule has 0 radical (unpaired) electrons. The lowest BCUT2D eigenvalue weighted by Crippen LogP contribution is -1.88. The van der Waals surface area contributed by atoms with Crippen LogP contribution in [0.4, 0.5) is 0 Å². The minimum atomic E-state index is -3.67. The second-order valence-corrected chi connectivity index (χ2v) is 2.20. The maximum Gasteiger partial charge on any atom is 0.261 e. The third-order valence-corrected chi connectivity index (χ3v) is 0. The van der Waals surface area contributed by atoms with E-state index in [2.05, 4.69) is 13.4 Å². The van der Waals surface area contributed by atoms with Crippen molar-refractivity contribution in [3.8, 4) is 0 Å². The lowest BCUT2D eigenvalue weighted by atomic mass is 11.8. The molecule has 0 amide bonds. The molecule has 6 heteroatoms. The van der Waals surface area contributed by atoms with E-state index in [9.17, 15) is 8.42 Å². The predicted molar refractivity (Wildman–Crippen MR) is 37.2 cm³/mol. The Bertz CT molecular complexity index is 120. The molecule has 56 valence electrons. The zero-order chi connectivity index (χ0) is 8.50. The van der Waals surface area contributed by atoms with Crippen molar-refractivity contribution in [1.29, 1.82) is 10.8 Å². The Balaban J connectivity index is -0.0000000771. The quantitative estimate of drug-likeness (QED) is 0.339. The molecule has 0 rings (SSSR count). The average molecular weight is 154 g/mol. The highest BCUT2D eigenvalue weighted by atomic mass is 32.2. The van der Waals surface area contributed by atoms with Crippen LogP contribution in [0.5, 0.6) is 0 Å². The first kappa shape index (κ1) is 15.7. The molecule has 0 heterocycles. The van der Waals surface area contributed by atoms with Crippen molar-refractivity contribution >= 4 is 23.6 Å². The van der Waals surface area contributed by atoms with Gasteiger partial charge < -0.3 is 10.8 Å². The third-order valence-electron chi connectivity index (χ3n) is 0. The fourth-order valence-corrected chi connectivity index (χ4v) is 0. The van der Waals surface area contributed by atoms with Crippen LogP contribution in [0.15, 0.2) is 0 Å². The fourth-order valence-electron chi connectivity index (χ4n) is 0. The first-order chi connectivity index (χ1) is 4.00. The summed E-state index contributed by atoms with van der Waals surface area (Å²) < 4.78 is 25.9. The number of hydrogen-bond acceptors (Lipinski definition) is 4. The molecule has 0 aliphatic carbocycles. The highest BCUT2D eigenvalue weighted by molar-refractivity contribution is 7.85. The molecule has 0 spiro atoms. The van der Waals surface area contributed by atoms with Crippen molar-refractivity contribution in [1.82, 2.24) is 0 Å². The van der Waals surface area contributed by atoms with Crippen molar-refractivity contribution in [3.63, 3.8) is 0 Å². The van der Waals surface area contributed by atoms with Crippen LogP contribution >= 0.6 is 0 Å². The standard InChI is InChI=1S/2CH3N.CH4O3S/c2*1-2;1-5(2,3)4/h2*2H,1H2;1H3,(H,2,3,4). The molecule has 0 aromatic heterocycles. The maximum absolute atomic E-state index is 9.19. The van der Waals surface area contributed by atoms with Crippen molar-refractivity contribution in [2.45, 2.75) is 0 Å². The molecular weight excluding hydrogens is 144 g/mol. The van der Waals surface area contributed by atoms with Crippen LogP contribution in [0, 0.1) is 10.8 Å². The SMILES string of the molecule is C=N.C=N.CS(=O)(=O)O. The van der Waals surface area contributed by atoms with Gasteiger partial charge in [0.2, 0.25) is 0 Å². The predicted octanol–water partition coefficient (Wildman–Crippen LogP) is 0.0355. The lowest BCUT2D eigenvalue weighted by Gasteiger charge is -1.69. The zero-order valence-electron chi connectivity index (χ0n) is 5.09. The average Bonchev–Trinajstić information content (AvgIpc) is 1.72. The largest absolute Gasteiger partial charge is 0.317 e. The van der Waals surface area contributed by atoms with E-state index in [4.69, 9.17) is 15.4 Å². The molecule has 9 heavy (non-hydrogen) atoms. The van der Waals surface area contributed by atoms with Crippen LogP contribution in [0.2, 0.25) is 0 Å². The Labute approximate surface area is 54.5 Å². The van der Waals surface area contributed by atoms with E-state index < -0.39 is 10.1 Å². The number of nitrogens with one attached hydrogen (secondary N) is 2. The summed E-state index contributed by atoms with van der Waals surface area (Å²) in [6, 6.07) is 0. The van der Waals surface area contributed by atoms with Crippen LogP contribution in [0.1, 0.15) is 0 Å². The third kappa shape index (κ3) is 355. The summed E-state index contributed by atoms with van der Waals surface area (Å²) in [6.45, 7) is 5.00. The molecular formula is C3H10N2O3S. The monoisotopic (exact) mass is 154 g/mol. The summed E-state index contributed by atoms with van der Waals surface area (Å²) in [4.78, 5) is 0. The molecule has 0 aromatic rings. The van der Waals surface area contributed by atoms with Crippen LogP contribution in [-0.4, -0.2) is 32.7 Å². The van der Waals surface area contributed by atoms with E-state index in [1.54, 1.807) is 0 Å². The summed E-state index contributed by atoms with van der Waals surface area (Å²) in [5.74, 6) is 0. The minimum absolute atomic E-state index is 0.715. The Morgan fingerprint density at radius 3 is 1.22 bits per heavy atom. The lowest BCUT2D eigenvalue weighted by molar-refractivity contribution is 0.490. The number of rotatable bonds is 0. The Morgan fingerprint density at radius 2 is 1.22 bits per heavy atom. The Kier molecular flexibility index (Phi) is 18.0. The molecule has 0 saturated heterocycles. The Hall–Kier alpha value is -0.750. The number of hydrogen-bond donors (Lipinski definition) is 3. The van der Waals surface area contributed by atoms with E-state index >= 15 is 0 Å². The van der Waals surface area contributed by atoms with E-state index in [-0.39, 0.29) is 0 Å². The van der Waals surface area contributed by atoms with E-state index in [0.717, 1.165) is 0 Å². The summed E-state index contributed by atoms with van der Waals surface area (Å²) in [7, 11) is -3.67. The maximum atomic E-state index is 9.19. The van der Waals surface area contributed by atoms with E-state index in [1.807, 2.05) is 0 Å². The van der Waals surface area contributed by atoms with Gasteiger partial charge in [0.25, 0.3) is 10.1 Å². The van der Waals surface area contributed by atoms with Crippen LogP contribution < -0.4 is 0 Å². The van der Waals surface area contributed by atoms with Gasteiger partial charge in [0.15, 0.2) is 0 Å². The van der Waals surface area contributed by atoms with Gasteiger partial charge in [0.1, 0.15) is 0 Å². The van der Waals surface area contributed by atoms with Gasteiger partial charge in [-0.25, -0.2) is 0 Å². The highest BCUT2D eigenvalue weighted by Gasteiger charge is 1.81. The summed E-state index contributed by atoms with van der Waals surface area (Å²) in [6.07, 6.45) is 0.715. The van der Waals surface area contributed by atoms with Gasteiger partial charge in [-0.3, -0.25) is 4.55 Å².